The van der Waals surface area contributed by atoms with Crippen molar-refractivity contribution in [2.75, 3.05) is 32.8 Å². The number of fused-ring (bicyclic) bond motifs is 3. The molecule has 9 heteroatoms. The molecular formula is C43H41N3O6. The van der Waals surface area contributed by atoms with Gasteiger partial charge in [-0.15, -0.1) is 0 Å². The van der Waals surface area contributed by atoms with Gasteiger partial charge in [0.1, 0.15) is 19.8 Å². The van der Waals surface area contributed by atoms with Gasteiger partial charge in [0.15, 0.2) is 5.78 Å². The van der Waals surface area contributed by atoms with Crippen LogP contribution in [0.5, 0.6) is 0 Å². The number of ketones is 1. The van der Waals surface area contributed by atoms with Gasteiger partial charge in [-0.2, -0.15) is 0 Å². The molecule has 0 atom stereocenters. The molecule has 3 amide bonds. The van der Waals surface area contributed by atoms with E-state index in [1.165, 1.54) is 0 Å². The molecule has 0 aromatic heterocycles. The Morgan fingerprint density at radius 1 is 0.596 bits per heavy atom. The van der Waals surface area contributed by atoms with Gasteiger partial charge in [-0.05, 0) is 38.9 Å². The molecule has 52 heavy (non-hydrogen) atoms. The molecule has 0 radical (unpaired) electrons. The number of nitrogens with one attached hydrogen (secondary N) is 2. The largest absolute Gasteiger partial charge is 0.449 e. The van der Waals surface area contributed by atoms with E-state index in [4.69, 9.17) is 9.47 Å². The third-order valence-electron chi connectivity index (χ3n) is 9.19. The summed E-state index contributed by atoms with van der Waals surface area (Å²) in [5.74, 6) is -0.941. The first-order valence-electron chi connectivity index (χ1n) is 17.4. The quantitative estimate of drug-likeness (QED) is 0.121. The molecule has 5 aromatic rings. The Labute approximate surface area is 303 Å². The first kappa shape index (κ1) is 35.6. The highest BCUT2D eigenvalue weighted by Gasteiger charge is 2.29. The van der Waals surface area contributed by atoms with Gasteiger partial charge in [-0.3, -0.25) is 9.59 Å². The van der Waals surface area contributed by atoms with E-state index in [1.807, 2.05) is 127 Å². The molecule has 0 spiro atoms. The number of carbonyl (C=O) groups excluding carboxylic acids is 4. The Bertz CT molecular complexity index is 1880. The Kier molecular flexibility index (Phi) is 12.1. The van der Waals surface area contributed by atoms with Gasteiger partial charge in [0.05, 0.1) is 6.54 Å². The summed E-state index contributed by atoms with van der Waals surface area (Å²) in [5.41, 5.74) is 7.27. The zero-order chi connectivity index (χ0) is 36.1. The average molecular weight is 696 g/mol. The maximum absolute atomic E-state index is 13.8. The highest BCUT2D eigenvalue weighted by atomic mass is 16.6. The monoisotopic (exact) mass is 695 g/mol. The van der Waals surface area contributed by atoms with Crippen LogP contribution in [0.2, 0.25) is 0 Å². The third-order valence-corrected chi connectivity index (χ3v) is 9.19. The van der Waals surface area contributed by atoms with Crippen molar-refractivity contribution in [2.45, 2.75) is 24.9 Å². The van der Waals surface area contributed by atoms with E-state index in [0.717, 1.165) is 38.9 Å². The molecule has 9 nitrogen and oxygen atoms in total. The minimum absolute atomic E-state index is 0.00799. The Morgan fingerprint density at radius 2 is 1.10 bits per heavy atom. The van der Waals surface area contributed by atoms with Crippen molar-refractivity contribution in [1.29, 1.82) is 0 Å². The minimum atomic E-state index is -0.703. The zero-order valence-corrected chi connectivity index (χ0v) is 28.8. The van der Waals surface area contributed by atoms with Gasteiger partial charge >= 0.3 is 12.2 Å². The number of amides is 3. The fourth-order valence-corrected chi connectivity index (χ4v) is 6.51. The predicted octanol–water partition coefficient (Wildman–Crippen LogP) is 7.07. The number of benzene rings is 5. The lowest BCUT2D eigenvalue weighted by atomic mass is 9.90. The number of alkyl carbamates (subject to hydrolysis) is 2. The Morgan fingerprint density at radius 3 is 1.69 bits per heavy atom. The molecule has 5 aromatic carbocycles. The van der Waals surface area contributed by atoms with E-state index < -0.39 is 12.2 Å². The number of Topliss-reactive ketones (excluding diaryl/α,β-unsaturated/α-hetero) is 1. The van der Waals surface area contributed by atoms with E-state index >= 15 is 0 Å². The van der Waals surface area contributed by atoms with Crippen molar-refractivity contribution >= 4 is 23.9 Å². The van der Waals surface area contributed by atoms with Crippen molar-refractivity contribution < 1.29 is 28.7 Å². The van der Waals surface area contributed by atoms with Crippen LogP contribution in [0, 0.1) is 0 Å². The normalized spacial score (nSPS) is 11.6. The van der Waals surface area contributed by atoms with Crippen molar-refractivity contribution in [1.82, 2.24) is 15.5 Å². The number of nitrogens with zero attached hydrogens (tertiary/aromatic N) is 1. The second kappa shape index (κ2) is 17.6. The average Bonchev–Trinajstić information content (AvgIpc) is 3.52. The topological polar surface area (TPSA) is 114 Å². The van der Waals surface area contributed by atoms with Crippen LogP contribution in [0.1, 0.15) is 46.1 Å². The Hall–Kier alpha value is -6.22. The molecular weight excluding hydrogens is 654 g/mol. The van der Waals surface area contributed by atoms with E-state index in [0.29, 0.717) is 0 Å². The van der Waals surface area contributed by atoms with Crippen LogP contribution in [0.15, 0.2) is 140 Å². The third kappa shape index (κ3) is 9.31. The molecule has 0 saturated heterocycles. The van der Waals surface area contributed by atoms with Crippen LogP contribution in [0.4, 0.5) is 9.59 Å². The number of hydrogen-bond acceptors (Lipinski definition) is 6. The predicted molar refractivity (Wildman–Crippen MR) is 199 cm³/mol. The summed E-state index contributed by atoms with van der Waals surface area (Å²) in [6.07, 6.45) is -1.41. The molecule has 264 valence electrons. The van der Waals surface area contributed by atoms with Gasteiger partial charge in [-0.25, -0.2) is 9.59 Å². The highest BCUT2D eigenvalue weighted by Crippen LogP contribution is 2.44. The molecule has 0 bridgehead atoms. The molecule has 6 rings (SSSR count). The van der Waals surface area contributed by atoms with Gasteiger partial charge < -0.3 is 25.0 Å². The molecule has 1 aliphatic rings. The van der Waals surface area contributed by atoms with Gasteiger partial charge in [0.25, 0.3) is 0 Å². The second-order valence-electron chi connectivity index (χ2n) is 12.6. The van der Waals surface area contributed by atoms with Crippen LogP contribution in [-0.2, 0) is 25.7 Å². The lowest BCUT2D eigenvalue weighted by molar-refractivity contribution is -0.131. The molecule has 1 aliphatic carbocycles. The molecule has 0 saturated carbocycles. The van der Waals surface area contributed by atoms with E-state index in [2.05, 4.69) is 22.8 Å². The summed E-state index contributed by atoms with van der Waals surface area (Å²) in [7, 11) is 0. The highest BCUT2D eigenvalue weighted by molar-refractivity contribution is 5.86. The SMILES string of the molecule is O=C(CCN(CC(c1ccccc1)c1ccccc1)C(=O)CNC(=O)OCC1c2ccccc2-c2ccccc21)CNC(=O)OCc1ccccc1. The van der Waals surface area contributed by atoms with Crippen LogP contribution in [0.3, 0.4) is 0 Å². The number of carbonyl (C=O) groups is 4. The van der Waals surface area contributed by atoms with Crippen molar-refractivity contribution in [2.24, 2.45) is 0 Å². The van der Waals surface area contributed by atoms with Crippen LogP contribution in [-0.4, -0.2) is 61.6 Å². The summed E-state index contributed by atoms with van der Waals surface area (Å²) in [4.78, 5) is 53.5. The number of ether oxygens (including phenoxy) is 2. The summed E-state index contributed by atoms with van der Waals surface area (Å²) >= 11 is 0. The molecule has 2 N–H and O–H groups in total. The lowest BCUT2D eigenvalue weighted by Crippen LogP contribution is -2.43. The lowest BCUT2D eigenvalue weighted by Gasteiger charge is -2.28. The maximum Gasteiger partial charge on any atom is 0.407 e. The van der Waals surface area contributed by atoms with Gasteiger partial charge in [0.2, 0.25) is 5.91 Å². The molecule has 0 fully saturated rings. The summed E-state index contributed by atoms with van der Waals surface area (Å²) in [6, 6.07) is 45.1. The van der Waals surface area contributed by atoms with E-state index in [1.54, 1.807) is 4.90 Å². The van der Waals surface area contributed by atoms with E-state index in [-0.39, 0.29) is 69.3 Å². The van der Waals surface area contributed by atoms with Crippen molar-refractivity contribution in [3.8, 4) is 11.1 Å². The summed E-state index contributed by atoms with van der Waals surface area (Å²) in [6.45, 7) is -0.00298. The first-order chi connectivity index (χ1) is 25.5. The van der Waals surface area contributed by atoms with Gasteiger partial charge in [0, 0.05) is 31.3 Å². The van der Waals surface area contributed by atoms with Crippen LogP contribution < -0.4 is 10.6 Å². The first-order valence-corrected chi connectivity index (χ1v) is 17.4. The molecule has 0 unspecified atom stereocenters. The number of hydrogen-bond donors (Lipinski definition) is 2. The van der Waals surface area contributed by atoms with Crippen molar-refractivity contribution in [3.63, 3.8) is 0 Å². The van der Waals surface area contributed by atoms with Gasteiger partial charge in [-0.1, -0.05) is 140 Å². The zero-order valence-electron chi connectivity index (χ0n) is 28.8. The smallest absolute Gasteiger partial charge is 0.407 e. The molecule has 0 heterocycles. The maximum atomic E-state index is 13.8. The molecule has 0 aliphatic heterocycles. The number of rotatable bonds is 15. The fraction of sp³-hybridized carbons (Fsp3) is 0.209. The Balaban J connectivity index is 1.08. The summed E-state index contributed by atoms with van der Waals surface area (Å²) < 4.78 is 10.9. The fourth-order valence-electron chi connectivity index (χ4n) is 6.51. The second-order valence-corrected chi connectivity index (χ2v) is 12.6. The van der Waals surface area contributed by atoms with Crippen molar-refractivity contribution in [3.05, 3.63) is 167 Å². The van der Waals surface area contributed by atoms with Crippen LogP contribution in [0.25, 0.3) is 11.1 Å². The minimum Gasteiger partial charge on any atom is -0.449 e. The van der Waals surface area contributed by atoms with E-state index in [9.17, 15) is 19.2 Å². The van der Waals surface area contributed by atoms with Crippen LogP contribution >= 0.6 is 0 Å². The standard InChI is InChI=1S/C43H41N3O6/c47-34(26-44-42(49)51-29-31-14-4-1-5-15-31)24-25-46(28-39(32-16-6-2-7-17-32)33-18-8-3-9-19-33)41(48)27-45-43(50)52-30-40-37-22-12-10-20-35(37)36-21-11-13-23-38(36)40/h1-23,39-40H,24-30H2,(H,44,49)(H,45,50). The summed E-state index contributed by atoms with van der Waals surface area (Å²) in [5, 5.41) is 5.13.